The number of benzene rings is 1. The maximum atomic E-state index is 6.09. The molecule has 2 N–H and O–H groups in total. The van der Waals surface area contributed by atoms with Gasteiger partial charge in [-0.15, -0.1) is 0 Å². The molecule has 0 aliphatic carbocycles. The van der Waals surface area contributed by atoms with Crippen molar-refractivity contribution in [3.05, 3.63) is 29.0 Å². The lowest BCUT2D eigenvalue weighted by Crippen LogP contribution is -2.17. The highest BCUT2D eigenvalue weighted by Crippen LogP contribution is 2.23. The first-order valence-corrected chi connectivity index (χ1v) is 5.87. The van der Waals surface area contributed by atoms with E-state index < -0.39 is 0 Å². The van der Waals surface area contributed by atoms with Crippen LogP contribution in [0.5, 0.6) is 0 Å². The predicted molar refractivity (Wildman–Crippen MR) is 69.1 cm³/mol. The van der Waals surface area contributed by atoms with Gasteiger partial charge in [-0.25, -0.2) is 4.98 Å². The van der Waals surface area contributed by atoms with Gasteiger partial charge in [-0.1, -0.05) is 11.6 Å². The number of nitrogens with zero attached hydrogens (tertiary/aromatic N) is 2. The van der Waals surface area contributed by atoms with Crippen LogP contribution in [0.3, 0.4) is 0 Å². The van der Waals surface area contributed by atoms with Crippen molar-refractivity contribution >= 4 is 22.6 Å². The summed E-state index contributed by atoms with van der Waals surface area (Å²) in [6.45, 7) is 0.630. The van der Waals surface area contributed by atoms with E-state index in [-0.39, 0.29) is 6.04 Å². The molecular formula is C12H16ClN3O. The van der Waals surface area contributed by atoms with Gasteiger partial charge in [0, 0.05) is 25.8 Å². The van der Waals surface area contributed by atoms with Crippen LogP contribution in [0.25, 0.3) is 11.0 Å². The van der Waals surface area contributed by atoms with Gasteiger partial charge in [0.15, 0.2) is 0 Å². The van der Waals surface area contributed by atoms with Gasteiger partial charge in [0.05, 0.1) is 17.1 Å². The molecule has 2 aromatic rings. The van der Waals surface area contributed by atoms with Crippen LogP contribution in [0, 0.1) is 0 Å². The summed E-state index contributed by atoms with van der Waals surface area (Å²) < 4.78 is 7.02. The first-order chi connectivity index (χ1) is 8.13. The smallest absolute Gasteiger partial charge is 0.126 e. The maximum Gasteiger partial charge on any atom is 0.126 e. The second-order valence-electron chi connectivity index (χ2n) is 4.05. The van der Waals surface area contributed by atoms with Gasteiger partial charge in [-0.2, -0.15) is 0 Å². The van der Waals surface area contributed by atoms with Gasteiger partial charge in [-0.3, -0.25) is 0 Å². The summed E-state index contributed by atoms with van der Waals surface area (Å²) >= 11 is 5.97. The molecule has 0 saturated carbocycles. The standard InChI is InChI=1S/C12H16ClN3O/c1-16-11-7-8(13)3-4-10(11)15-12(16)9(14)5-6-17-2/h3-4,7,9H,5-6,14H2,1-2H3. The maximum absolute atomic E-state index is 6.09. The van der Waals surface area contributed by atoms with Crippen LogP contribution in [-0.4, -0.2) is 23.3 Å². The molecule has 0 bridgehead atoms. The lowest BCUT2D eigenvalue weighted by molar-refractivity contribution is 0.187. The average molecular weight is 254 g/mol. The highest BCUT2D eigenvalue weighted by molar-refractivity contribution is 6.31. The number of nitrogens with two attached hydrogens (primary N) is 1. The van der Waals surface area contributed by atoms with Crippen molar-refractivity contribution in [1.82, 2.24) is 9.55 Å². The molecule has 1 unspecified atom stereocenters. The largest absolute Gasteiger partial charge is 0.385 e. The lowest BCUT2D eigenvalue weighted by Gasteiger charge is -2.10. The number of hydrogen-bond donors (Lipinski definition) is 1. The van der Waals surface area contributed by atoms with Crippen molar-refractivity contribution in [3.63, 3.8) is 0 Å². The summed E-state index contributed by atoms with van der Waals surface area (Å²) in [5.41, 5.74) is 8.00. The fourth-order valence-electron chi connectivity index (χ4n) is 1.89. The Balaban J connectivity index is 2.38. The van der Waals surface area contributed by atoms with Gasteiger partial charge in [-0.05, 0) is 24.6 Å². The van der Waals surface area contributed by atoms with Crippen LogP contribution in [0.1, 0.15) is 18.3 Å². The second-order valence-corrected chi connectivity index (χ2v) is 4.49. The Bertz CT molecular complexity index is 524. The summed E-state index contributed by atoms with van der Waals surface area (Å²) in [5, 5.41) is 0.706. The molecule has 4 nitrogen and oxygen atoms in total. The van der Waals surface area contributed by atoms with Crippen LogP contribution in [-0.2, 0) is 11.8 Å². The zero-order valence-electron chi connectivity index (χ0n) is 9.98. The normalized spacial score (nSPS) is 13.2. The van der Waals surface area contributed by atoms with Gasteiger partial charge < -0.3 is 15.0 Å². The third kappa shape index (κ3) is 2.44. The molecule has 92 valence electrons. The van der Waals surface area contributed by atoms with Crippen molar-refractivity contribution in [2.24, 2.45) is 12.8 Å². The highest BCUT2D eigenvalue weighted by atomic mass is 35.5. The van der Waals surface area contributed by atoms with Crippen molar-refractivity contribution in [2.45, 2.75) is 12.5 Å². The molecular weight excluding hydrogens is 238 g/mol. The minimum Gasteiger partial charge on any atom is -0.385 e. The molecule has 5 heteroatoms. The van der Waals surface area contributed by atoms with E-state index in [2.05, 4.69) is 4.98 Å². The third-order valence-corrected chi connectivity index (χ3v) is 3.08. The Morgan fingerprint density at radius 2 is 2.29 bits per heavy atom. The molecule has 0 amide bonds. The molecule has 1 heterocycles. The first-order valence-electron chi connectivity index (χ1n) is 5.50. The van der Waals surface area contributed by atoms with E-state index in [0.29, 0.717) is 11.6 Å². The van der Waals surface area contributed by atoms with Crippen molar-refractivity contribution < 1.29 is 4.74 Å². The Morgan fingerprint density at radius 3 is 3.00 bits per heavy atom. The van der Waals surface area contributed by atoms with E-state index in [1.54, 1.807) is 7.11 Å². The summed E-state index contributed by atoms with van der Waals surface area (Å²) in [7, 11) is 3.62. The molecule has 1 aromatic heterocycles. The summed E-state index contributed by atoms with van der Waals surface area (Å²) in [6.07, 6.45) is 0.751. The number of imidazole rings is 1. The van der Waals surface area contributed by atoms with E-state index in [1.807, 2.05) is 29.8 Å². The zero-order chi connectivity index (χ0) is 12.4. The van der Waals surface area contributed by atoms with Crippen LogP contribution in [0.4, 0.5) is 0 Å². The van der Waals surface area contributed by atoms with Gasteiger partial charge in [0.2, 0.25) is 0 Å². The fraction of sp³-hybridized carbons (Fsp3) is 0.417. The summed E-state index contributed by atoms with van der Waals surface area (Å²) in [5.74, 6) is 0.860. The number of aromatic nitrogens is 2. The average Bonchev–Trinajstić information content (AvgIpc) is 2.64. The first kappa shape index (κ1) is 12.4. The van der Waals surface area contributed by atoms with Crippen molar-refractivity contribution in [3.8, 4) is 0 Å². The number of methoxy groups -OCH3 is 1. The number of ether oxygens (including phenoxy) is 1. The second kappa shape index (κ2) is 5.04. The number of halogens is 1. The third-order valence-electron chi connectivity index (χ3n) is 2.84. The van der Waals surface area contributed by atoms with E-state index in [1.165, 1.54) is 0 Å². The Morgan fingerprint density at radius 1 is 1.53 bits per heavy atom. The predicted octanol–water partition coefficient (Wildman–Crippen LogP) is 2.26. The molecule has 1 atom stereocenters. The van der Waals surface area contributed by atoms with E-state index in [0.717, 1.165) is 23.3 Å². The van der Waals surface area contributed by atoms with Gasteiger partial charge >= 0.3 is 0 Å². The van der Waals surface area contributed by atoms with Crippen LogP contribution in [0.15, 0.2) is 18.2 Å². The van der Waals surface area contributed by atoms with E-state index >= 15 is 0 Å². The van der Waals surface area contributed by atoms with Crippen molar-refractivity contribution in [1.29, 1.82) is 0 Å². The Labute approximate surface area is 105 Å². The summed E-state index contributed by atoms with van der Waals surface area (Å²) in [4.78, 5) is 4.53. The molecule has 0 saturated heterocycles. The van der Waals surface area contributed by atoms with Crippen LogP contribution >= 0.6 is 11.6 Å². The molecule has 0 fully saturated rings. The van der Waals surface area contributed by atoms with E-state index in [4.69, 9.17) is 22.1 Å². The van der Waals surface area contributed by atoms with Crippen LogP contribution < -0.4 is 5.73 Å². The van der Waals surface area contributed by atoms with Gasteiger partial charge in [0.25, 0.3) is 0 Å². The Hall–Kier alpha value is -1.10. The van der Waals surface area contributed by atoms with Crippen molar-refractivity contribution in [2.75, 3.05) is 13.7 Å². The molecule has 1 aromatic carbocycles. The minimum absolute atomic E-state index is 0.119. The molecule has 0 radical (unpaired) electrons. The zero-order valence-corrected chi connectivity index (χ0v) is 10.7. The van der Waals surface area contributed by atoms with Crippen LogP contribution in [0.2, 0.25) is 5.02 Å². The molecule has 0 aliphatic heterocycles. The topological polar surface area (TPSA) is 53.1 Å². The number of fused-ring (bicyclic) bond motifs is 1. The molecule has 0 spiro atoms. The quantitative estimate of drug-likeness (QED) is 0.909. The van der Waals surface area contributed by atoms with Gasteiger partial charge in [0.1, 0.15) is 5.82 Å². The Kier molecular flexibility index (Phi) is 3.66. The molecule has 17 heavy (non-hydrogen) atoms. The highest BCUT2D eigenvalue weighted by Gasteiger charge is 2.14. The van der Waals surface area contributed by atoms with E-state index in [9.17, 15) is 0 Å². The number of rotatable bonds is 4. The number of aryl methyl sites for hydroxylation is 1. The lowest BCUT2D eigenvalue weighted by atomic mass is 10.2. The monoisotopic (exact) mass is 253 g/mol. The number of hydrogen-bond acceptors (Lipinski definition) is 3. The fourth-order valence-corrected chi connectivity index (χ4v) is 2.05. The summed E-state index contributed by atoms with van der Waals surface area (Å²) in [6, 6.07) is 5.52. The SMILES string of the molecule is COCCC(N)c1nc2ccc(Cl)cc2n1C. The molecule has 0 aliphatic rings. The molecule has 2 rings (SSSR count). The minimum atomic E-state index is -0.119.